The van der Waals surface area contributed by atoms with E-state index >= 15 is 0 Å². The third-order valence-corrected chi connectivity index (χ3v) is 3.40. The third kappa shape index (κ3) is 4.36. The van der Waals surface area contributed by atoms with E-state index in [1.165, 1.54) is 0 Å². The molecule has 1 unspecified atom stereocenters. The molecule has 0 radical (unpaired) electrons. The molecule has 0 aromatic heterocycles. The van der Waals surface area contributed by atoms with Gasteiger partial charge >= 0.3 is 5.97 Å². The lowest BCUT2D eigenvalue weighted by Gasteiger charge is -2.36. The van der Waals surface area contributed by atoms with Gasteiger partial charge in [0.1, 0.15) is 0 Å². The summed E-state index contributed by atoms with van der Waals surface area (Å²) in [5.41, 5.74) is -1.03. The average molecular weight is 243 g/mol. The van der Waals surface area contributed by atoms with Gasteiger partial charge in [0.05, 0.1) is 5.41 Å². The van der Waals surface area contributed by atoms with Gasteiger partial charge in [0.15, 0.2) is 0 Å². The first-order valence-electron chi connectivity index (χ1n) is 5.88. The number of hydrogen-bond donors (Lipinski definition) is 1. The number of hydrogen-bond acceptors (Lipinski definition) is 2. The summed E-state index contributed by atoms with van der Waals surface area (Å²) in [5, 5.41) is 9.00. The lowest BCUT2D eigenvalue weighted by Crippen LogP contribution is -2.45. The van der Waals surface area contributed by atoms with Crippen molar-refractivity contribution in [3.05, 3.63) is 0 Å². The summed E-state index contributed by atoms with van der Waals surface area (Å²) < 4.78 is 0. The zero-order valence-electron chi connectivity index (χ0n) is 12.0. The fourth-order valence-corrected chi connectivity index (χ4v) is 1.38. The Morgan fingerprint density at radius 3 is 1.88 bits per heavy atom. The molecule has 0 spiro atoms. The first-order chi connectivity index (χ1) is 7.39. The number of carboxylic acids is 1. The summed E-state index contributed by atoms with van der Waals surface area (Å²) in [6.07, 6.45) is 0.0270. The molecule has 0 aromatic rings. The molecule has 0 aliphatic heterocycles. The van der Waals surface area contributed by atoms with Gasteiger partial charge in [0, 0.05) is 19.5 Å². The molecule has 4 nitrogen and oxygen atoms in total. The smallest absolute Gasteiger partial charge is 0.309 e. The van der Waals surface area contributed by atoms with E-state index in [4.69, 9.17) is 5.11 Å². The molecule has 0 aliphatic carbocycles. The van der Waals surface area contributed by atoms with Crippen LogP contribution < -0.4 is 0 Å². The van der Waals surface area contributed by atoms with Crippen molar-refractivity contribution in [2.45, 2.75) is 54.0 Å². The van der Waals surface area contributed by atoms with Gasteiger partial charge in [-0.3, -0.25) is 9.59 Å². The predicted octanol–water partition coefficient (Wildman–Crippen LogP) is 2.38. The number of carbonyl (C=O) groups excluding carboxylic acids is 1. The standard InChI is InChI=1S/C13H25NO3/c1-9(12(2,3)4)14(7)10(15)8-13(5,6)11(16)17/h9H,8H2,1-7H3,(H,16,17). The Balaban J connectivity index is 4.69. The van der Waals surface area contributed by atoms with Crippen LogP contribution in [0.3, 0.4) is 0 Å². The zero-order chi connectivity index (χ0) is 14.0. The van der Waals surface area contributed by atoms with Crippen molar-refractivity contribution in [3.63, 3.8) is 0 Å². The number of aliphatic carboxylic acids is 1. The molecule has 4 heteroatoms. The highest BCUT2D eigenvalue weighted by Gasteiger charge is 2.34. The normalized spacial score (nSPS) is 14.3. The molecule has 0 saturated heterocycles. The van der Waals surface area contributed by atoms with E-state index in [1.54, 1.807) is 25.8 Å². The van der Waals surface area contributed by atoms with Gasteiger partial charge < -0.3 is 10.0 Å². The van der Waals surface area contributed by atoms with Crippen LogP contribution in [0.4, 0.5) is 0 Å². The largest absolute Gasteiger partial charge is 0.481 e. The van der Waals surface area contributed by atoms with Crippen LogP contribution in [0.5, 0.6) is 0 Å². The summed E-state index contributed by atoms with van der Waals surface area (Å²) >= 11 is 0. The van der Waals surface area contributed by atoms with Crippen LogP contribution in [-0.2, 0) is 9.59 Å². The Morgan fingerprint density at radius 2 is 1.59 bits per heavy atom. The minimum Gasteiger partial charge on any atom is -0.481 e. The second-order valence-electron chi connectivity index (χ2n) is 6.41. The Kier molecular flexibility index (Phi) is 4.75. The Bertz CT molecular complexity index is 302. The van der Waals surface area contributed by atoms with Gasteiger partial charge in [-0.1, -0.05) is 20.8 Å². The fraction of sp³-hybridized carbons (Fsp3) is 0.846. The van der Waals surface area contributed by atoms with Crippen molar-refractivity contribution in [1.29, 1.82) is 0 Å². The van der Waals surface area contributed by atoms with E-state index in [0.29, 0.717) is 0 Å². The Hall–Kier alpha value is -1.06. The molecule has 1 amide bonds. The highest BCUT2D eigenvalue weighted by Crippen LogP contribution is 2.26. The molecule has 0 bridgehead atoms. The molecule has 17 heavy (non-hydrogen) atoms. The summed E-state index contributed by atoms with van der Waals surface area (Å²) in [5.74, 6) is -1.07. The molecule has 0 heterocycles. The maximum atomic E-state index is 12.0. The number of nitrogens with zero attached hydrogens (tertiary/aromatic N) is 1. The number of carboxylic acid groups (broad SMARTS) is 1. The second-order valence-corrected chi connectivity index (χ2v) is 6.41. The van der Waals surface area contributed by atoms with Gasteiger partial charge in [0.25, 0.3) is 0 Å². The maximum absolute atomic E-state index is 12.0. The third-order valence-electron chi connectivity index (χ3n) is 3.40. The van der Waals surface area contributed by atoms with Crippen LogP contribution in [0.15, 0.2) is 0 Å². The molecular formula is C13H25NO3. The lowest BCUT2D eigenvalue weighted by atomic mass is 9.85. The maximum Gasteiger partial charge on any atom is 0.309 e. The minimum absolute atomic E-state index is 0.0161. The fourth-order valence-electron chi connectivity index (χ4n) is 1.38. The van der Waals surface area contributed by atoms with Gasteiger partial charge in [-0.15, -0.1) is 0 Å². The molecule has 1 N–H and O–H groups in total. The van der Waals surface area contributed by atoms with Crippen molar-refractivity contribution in [2.75, 3.05) is 7.05 Å². The highest BCUT2D eigenvalue weighted by atomic mass is 16.4. The van der Waals surface area contributed by atoms with E-state index in [1.807, 2.05) is 6.92 Å². The van der Waals surface area contributed by atoms with Gasteiger partial charge in [-0.25, -0.2) is 0 Å². The summed E-state index contributed by atoms with van der Waals surface area (Å²) in [6.45, 7) is 11.3. The van der Waals surface area contributed by atoms with Gasteiger partial charge in [0.2, 0.25) is 5.91 Å². The van der Waals surface area contributed by atoms with E-state index in [0.717, 1.165) is 0 Å². The number of amides is 1. The van der Waals surface area contributed by atoms with Crippen LogP contribution in [0.2, 0.25) is 0 Å². The molecule has 0 saturated carbocycles. The predicted molar refractivity (Wildman–Crippen MR) is 67.7 cm³/mol. The molecular weight excluding hydrogens is 218 g/mol. The molecule has 0 aliphatic rings. The molecule has 100 valence electrons. The van der Waals surface area contributed by atoms with Crippen molar-refractivity contribution < 1.29 is 14.7 Å². The van der Waals surface area contributed by atoms with E-state index in [2.05, 4.69) is 20.8 Å². The quantitative estimate of drug-likeness (QED) is 0.824. The first kappa shape index (κ1) is 15.9. The van der Waals surface area contributed by atoms with Crippen LogP contribution in [0.25, 0.3) is 0 Å². The Morgan fingerprint density at radius 1 is 1.18 bits per heavy atom. The van der Waals surface area contributed by atoms with E-state index < -0.39 is 11.4 Å². The van der Waals surface area contributed by atoms with Crippen molar-refractivity contribution in [2.24, 2.45) is 10.8 Å². The second kappa shape index (κ2) is 5.07. The zero-order valence-corrected chi connectivity index (χ0v) is 12.0. The van der Waals surface area contributed by atoms with Crippen LogP contribution >= 0.6 is 0 Å². The molecule has 1 atom stereocenters. The number of carbonyl (C=O) groups is 2. The van der Waals surface area contributed by atoms with Gasteiger partial charge in [-0.2, -0.15) is 0 Å². The van der Waals surface area contributed by atoms with Crippen LogP contribution in [0.1, 0.15) is 48.0 Å². The number of rotatable bonds is 4. The lowest BCUT2D eigenvalue weighted by molar-refractivity contribution is -0.152. The molecule has 0 aromatic carbocycles. The SMILES string of the molecule is CC(N(C)C(=O)CC(C)(C)C(=O)O)C(C)(C)C. The van der Waals surface area contributed by atoms with Crippen LogP contribution in [-0.4, -0.2) is 35.0 Å². The average Bonchev–Trinajstić information content (AvgIpc) is 2.12. The van der Waals surface area contributed by atoms with E-state index in [9.17, 15) is 9.59 Å². The van der Waals surface area contributed by atoms with Gasteiger partial charge in [-0.05, 0) is 26.2 Å². The summed E-state index contributed by atoms with van der Waals surface area (Å²) in [6, 6.07) is 0.0691. The Labute approximate surface area is 104 Å². The van der Waals surface area contributed by atoms with E-state index in [-0.39, 0.29) is 23.8 Å². The highest BCUT2D eigenvalue weighted by molar-refractivity contribution is 5.84. The summed E-state index contributed by atoms with van der Waals surface area (Å²) in [7, 11) is 1.73. The van der Waals surface area contributed by atoms with Crippen molar-refractivity contribution in [3.8, 4) is 0 Å². The van der Waals surface area contributed by atoms with Crippen molar-refractivity contribution in [1.82, 2.24) is 4.90 Å². The topological polar surface area (TPSA) is 57.6 Å². The monoisotopic (exact) mass is 243 g/mol. The first-order valence-corrected chi connectivity index (χ1v) is 5.88. The van der Waals surface area contributed by atoms with Crippen LogP contribution in [0, 0.1) is 10.8 Å². The summed E-state index contributed by atoms with van der Waals surface area (Å²) in [4.78, 5) is 24.6. The molecule has 0 rings (SSSR count). The minimum atomic E-state index is -1.01. The molecule has 0 fully saturated rings. The van der Waals surface area contributed by atoms with Crippen molar-refractivity contribution >= 4 is 11.9 Å².